The maximum Gasteiger partial charge on any atom is 0.317 e. The van der Waals surface area contributed by atoms with Gasteiger partial charge in [0.1, 0.15) is 0 Å². The highest BCUT2D eigenvalue weighted by Crippen LogP contribution is 2.26. The van der Waals surface area contributed by atoms with Crippen molar-refractivity contribution in [2.45, 2.75) is 25.3 Å². The van der Waals surface area contributed by atoms with Gasteiger partial charge in [0.2, 0.25) is 0 Å². The molecule has 0 aliphatic heterocycles. The number of carbonyl (C=O) groups excluding carboxylic acids is 1. The Labute approximate surface area is 104 Å². The summed E-state index contributed by atoms with van der Waals surface area (Å²) in [7, 11) is 0. The lowest BCUT2D eigenvalue weighted by Crippen LogP contribution is -2.43. The summed E-state index contributed by atoms with van der Waals surface area (Å²) in [5.41, 5.74) is 2.80. The van der Waals surface area contributed by atoms with Gasteiger partial charge >= 0.3 is 6.03 Å². The van der Waals surface area contributed by atoms with E-state index >= 15 is 0 Å². The molecule has 2 rings (SSSR count). The van der Waals surface area contributed by atoms with Crippen molar-refractivity contribution in [3.05, 3.63) is 16.6 Å². The van der Waals surface area contributed by atoms with Crippen LogP contribution in [0.4, 0.5) is 4.79 Å². The predicted octanol–water partition coefficient (Wildman–Crippen LogP) is 0.852. The summed E-state index contributed by atoms with van der Waals surface area (Å²) in [4.78, 5) is 17.7. The normalized spacial score (nSPS) is 14.6. The lowest BCUT2D eigenvalue weighted by Gasteiger charge is -2.21. The van der Waals surface area contributed by atoms with E-state index in [0.717, 1.165) is 25.0 Å². The van der Waals surface area contributed by atoms with Gasteiger partial charge in [0.05, 0.1) is 17.8 Å². The number of aromatic nitrogens is 1. The molecule has 94 valence electrons. The van der Waals surface area contributed by atoms with Gasteiger partial charge < -0.3 is 15.3 Å². The number of nitrogens with zero attached hydrogens (tertiary/aromatic N) is 2. The number of amides is 2. The fourth-order valence-corrected chi connectivity index (χ4v) is 2.30. The van der Waals surface area contributed by atoms with Gasteiger partial charge in [0, 0.05) is 30.9 Å². The highest BCUT2D eigenvalue weighted by Gasteiger charge is 2.31. The summed E-state index contributed by atoms with van der Waals surface area (Å²) in [6.07, 6.45) is 2.87. The zero-order valence-electron chi connectivity index (χ0n) is 9.63. The zero-order valence-corrected chi connectivity index (χ0v) is 10.4. The first kappa shape index (κ1) is 12.3. The summed E-state index contributed by atoms with van der Waals surface area (Å²) >= 11 is 1.56. The molecular formula is C11H17N3O2S. The molecule has 0 atom stereocenters. The third-order valence-corrected chi connectivity index (χ3v) is 3.37. The summed E-state index contributed by atoms with van der Waals surface area (Å²) in [5.74, 6) is 0. The van der Waals surface area contributed by atoms with Crippen molar-refractivity contribution in [3.63, 3.8) is 0 Å². The summed E-state index contributed by atoms with van der Waals surface area (Å²) < 4.78 is 0. The van der Waals surface area contributed by atoms with Crippen molar-refractivity contribution < 1.29 is 9.90 Å². The first-order valence-electron chi connectivity index (χ1n) is 5.83. The molecule has 6 heteroatoms. The van der Waals surface area contributed by atoms with E-state index in [4.69, 9.17) is 5.11 Å². The van der Waals surface area contributed by atoms with Crippen LogP contribution >= 0.6 is 11.3 Å². The van der Waals surface area contributed by atoms with Crippen molar-refractivity contribution in [1.82, 2.24) is 15.2 Å². The van der Waals surface area contributed by atoms with Crippen LogP contribution in [0.5, 0.6) is 0 Å². The molecule has 1 aromatic rings. The number of aliphatic hydroxyl groups excluding tert-OH is 1. The molecule has 1 aliphatic carbocycles. The zero-order chi connectivity index (χ0) is 12.1. The van der Waals surface area contributed by atoms with Crippen LogP contribution in [0.15, 0.2) is 10.9 Å². The largest absolute Gasteiger partial charge is 0.395 e. The number of aliphatic hydroxyl groups is 1. The summed E-state index contributed by atoms with van der Waals surface area (Å²) in [5, 5.41) is 13.8. The van der Waals surface area contributed by atoms with Crippen molar-refractivity contribution in [1.29, 1.82) is 0 Å². The Hall–Kier alpha value is -1.14. The molecule has 0 unspecified atom stereocenters. The average Bonchev–Trinajstić information content (AvgIpc) is 3.03. The van der Waals surface area contributed by atoms with Crippen LogP contribution in [0.25, 0.3) is 0 Å². The Bertz CT molecular complexity index is 352. The third-order valence-electron chi connectivity index (χ3n) is 2.73. The minimum absolute atomic E-state index is 0.0238. The van der Waals surface area contributed by atoms with Crippen molar-refractivity contribution in [2.75, 3.05) is 19.7 Å². The van der Waals surface area contributed by atoms with Crippen molar-refractivity contribution in [2.24, 2.45) is 0 Å². The van der Waals surface area contributed by atoms with E-state index in [1.54, 1.807) is 21.7 Å². The topological polar surface area (TPSA) is 65.5 Å². The predicted molar refractivity (Wildman–Crippen MR) is 66.0 cm³/mol. The van der Waals surface area contributed by atoms with E-state index in [1.807, 2.05) is 5.38 Å². The molecule has 5 nitrogen and oxygen atoms in total. The van der Waals surface area contributed by atoms with Crippen LogP contribution in [0, 0.1) is 0 Å². The van der Waals surface area contributed by atoms with E-state index < -0.39 is 0 Å². The Morgan fingerprint density at radius 3 is 3.06 bits per heavy atom. The van der Waals surface area contributed by atoms with Gasteiger partial charge in [-0.25, -0.2) is 9.78 Å². The molecule has 0 spiro atoms. The molecule has 1 fully saturated rings. The summed E-state index contributed by atoms with van der Waals surface area (Å²) in [6.45, 7) is 1.04. The van der Waals surface area contributed by atoms with Crippen molar-refractivity contribution >= 4 is 17.4 Å². The number of hydrogen-bond donors (Lipinski definition) is 2. The van der Waals surface area contributed by atoms with Crippen LogP contribution in [0.1, 0.15) is 18.5 Å². The molecule has 17 heavy (non-hydrogen) atoms. The smallest absolute Gasteiger partial charge is 0.317 e. The Morgan fingerprint density at radius 1 is 1.65 bits per heavy atom. The van der Waals surface area contributed by atoms with Gasteiger partial charge in [0.15, 0.2) is 0 Å². The number of rotatable bonds is 6. The summed E-state index contributed by atoms with van der Waals surface area (Å²) in [6, 6.07) is 0.262. The molecule has 0 saturated heterocycles. The molecule has 1 heterocycles. The second-order valence-electron chi connectivity index (χ2n) is 4.11. The van der Waals surface area contributed by atoms with Crippen molar-refractivity contribution in [3.8, 4) is 0 Å². The maximum atomic E-state index is 11.8. The highest BCUT2D eigenvalue weighted by molar-refractivity contribution is 7.07. The molecule has 2 amide bonds. The van der Waals surface area contributed by atoms with Gasteiger partial charge in [0.25, 0.3) is 0 Å². The molecule has 1 saturated carbocycles. The average molecular weight is 255 g/mol. The third kappa shape index (κ3) is 3.67. The fraction of sp³-hybridized carbons (Fsp3) is 0.636. The Kier molecular flexibility index (Phi) is 4.33. The second-order valence-corrected chi connectivity index (χ2v) is 4.83. The van der Waals surface area contributed by atoms with Gasteiger partial charge in [-0.05, 0) is 12.8 Å². The van der Waals surface area contributed by atoms with E-state index in [1.165, 1.54) is 0 Å². The minimum atomic E-state index is -0.0724. The van der Waals surface area contributed by atoms with Gasteiger partial charge in [-0.2, -0.15) is 0 Å². The number of carbonyl (C=O) groups is 1. The number of urea groups is 1. The van der Waals surface area contributed by atoms with E-state index in [0.29, 0.717) is 19.1 Å². The van der Waals surface area contributed by atoms with Gasteiger partial charge in [-0.3, -0.25) is 0 Å². The van der Waals surface area contributed by atoms with Gasteiger partial charge in [-0.15, -0.1) is 11.3 Å². The number of hydrogen-bond acceptors (Lipinski definition) is 4. The second kappa shape index (κ2) is 5.97. The molecule has 0 aromatic carbocycles. The SMILES string of the molecule is O=C(NCCc1cscn1)N(CCO)C1CC1. The minimum Gasteiger partial charge on any atom is -0.395 e. The number of nitrogens with one attached hydrogen (secondary N) is 1. The number of thiazole rings is 1. The Morgan fingerprint density at radius 2 is 2.47 bits per heavy atom. The van der Waals surface area contributed by atoms with E-state index in [2.05, 4.69) is 10.3 Å². The lowest BCUT2D eigenvalue weighted by molar-refractivity contribution is 0.174. The maximum absolute atomic E-state index is 11.8. The van der Waals surface area contributed by atoms with Crippen LogP contribution in [0.3, 0.4) is 0 Å². The highest BCUT2D eigenvalue weighted by atomic mass is 32.1. The molecule has 1 aliphatic rings. The molecule has 2 N–H and O–H groups in total. The van der Waals surface area contributed by atoms with Crippen LogP contribution in [-0.2, 0) is 6.42 Å². The Balaban J connectivity index is 1.71. The quantitative estimate of drug-likeness (QED) is 0.792. The van der Waals surface area contributed by atoms with Gasteiger partial charge in [-0.1, -0.05) is 0 Å². The standard InChI is InChI=1S/C11H17N3O2S/c15-6-5-14(10-1-2-10)11(16)12-4-3-9-7-17-8-13-9/h7-8,10,15H,1-6H2,(H,12,16). The fourth-order valence-electron chi connectivity index (χ4n) is 1.70. The monoisotopic (exact) mass is 255 g/mol. The molecular weight excluding hydrogens is 238 g/mol. The first-order valence-corrected chi connectivity index (χ1v) is 6.78. The first-order chi connectivity index (χ1) is 8.31. The van der Waals surface area contributed by atoms with E-state index in [-0.39, 0.29) is 12.6 Å². The molecule has 0 bridgehead atoms. The molecule has 0 radical (unpaired) electrons. The van der Waals surface area contributed by atoms with Crippen LogP contribution in [0.2, 0.25) is 0 Å². The lowest BCUT2D eigenvalue weighted by atomic mass is 10.3. The van der Waals surface area contributed by atoms with Crippen LogP contribution in [-0.4, -0.2) is 46.8 Å². The van der Waals surface area contributed by atoms with Crippen LogP contribution < -0.4 is 5.32 Å². The van der Waals surface area contributed by atoms with E-state index in [9.17, 15) is 4.79 Å². The molecule has 1 aromatic heterocycles.